The van der Waals surface area contributed by atoms with Gasteiger partial charge in [0.05, 0.1) is 72.5 Å². The second-order valence-corrected chi connectivity index (χ2v) is 16.4. The van der Waals surface area contributed by atoms with E-state index >= 15 is 0 Å². The number of aromatic nitrogens is 15. The van der Waals surface area contributed by atoms with E-state index in [2.05, 4.69) is 81.1 Å². The van der Waals surface area contributed by atoms with Crippen molar-refractivity contribution in [2.75, 3.05) is 16.4 Å². The molecule has 2 saturated carbocycles. The fourth-order valence-corrected chi connectivity index (χ4v) is 7.91. The molecule has 9 aromatic rings. The summed E-state index contributed by atoms with van der Waals surface area (Å²) >= 11 is 5.82. The van der Waals surface area contributed by atoms with Crippen LogP contribution in [0.15, 0.2) is 103 Å². The van der Waals surface area contributed by atoms with Gasteiger partial charge in [0, 0.05) is 50.2 Å². The Morgan fingerprint density at radius 2 is 1.14 bits per heavy atom. The van der Waals surface area contributed by atoms with Gasteiger partial charge in [0.2, 0.25) is 24.2 Å². The standard InChI is InChI=1S/C16H15F2N7O.C16H17F2N7.C10H5ClN6O.2H2O/c17-16(18)3-1-10(2-4-16)22-15-12(24-26)8-20-14(23-15)11-7-21-25-6-5-19-9-13(11)25;17-16(18)3-1-10(2-4-16)23-15-12(19)8-21-14(24-15)11-7-22-25-6-5-20-9-13(11)25;11-9-7(16-18)4-13-10(15-9)6-3-14-17-2-1-12-5-8(6)17;;/h5-10H,1-4H2,(H,20,22,23,26);5-10H,1-4,19H2,(H,21,23,24);1-5H;2*1H2. The normalized spacial score (nSPS) is 15.3. The molecule has 71 heavy (non-hydrogen) atoms. The van der Waals surface area contributed by atoms with Crippen LogP contribution in [0.25, 0.3) is 50.7 Å². The lowest BCUT2D eigenvalue weighted by Gasteiger charge is -2.29. The summed E-state index contributed by atoms with van der Waals surface area (Å²) in [5, 5.41) is 22.2. The molecule has 0 aromatic carbocycles. The zero-order chi connectivity index (χ0) is 48.1. The van der Waals surface area contributed by atoms with Gasteiger partial charge in [-0.25, -0.2) is 52.0 Å². The minimum absolute atomic E-state index is 0. The van der Waals surface area contributed by atoms with Crippen molar-refractivity contribution in [3.8, 4) is 34.2 Å². The van der Waals surface area contributed by atoms with Crippen LogP contribution in [0, 0.1) is 9.81 Å². The number of fused-ring (bicyclic) bond motifs is 3. The minimum Gasteiger partial charge on any atom is -0.870 e. The molecule has 0 bridgehead atoms. The van der Waals surface area contributed by atoms with E-state index in [0.29, 0.717) is 60.2 Å². The van der Waals surface area contributed by atoms with Crippen molar-refractivity contribution in [1.82, 2.24) is 64.7 Å². The predicted octanol–water partition coefficient (Wildman–Crippen LogP) is 7.05. The van der Waals surface area contributed by atoms with Crippen LogP contribution in [0.4, 0.5) is 46.3 Å². The Balaban J connectivity index is 0.000000157. The van der Waals surface area contributed by atoms with Gasteiger partial charge in [-0.05, 0) is 36.0 Å². The Kier molecular flexibility index (Phi) is 15.3. The molecule has 24 nitrogen and oxygen atoms in total. The van der Waals surface area contributed by atoms with Crippen molar-refractivity contribution < 1.29 is 37.5 Å². The first-order valence-corrected chi connectivity index (χ1v) is 21.7. The molecule has 11 rings (SSSR count). The molecule has 0 unspecified atom stereocenters. The number of nitroso groups, excluding NO2 is 2. The van der Waals surface area contributed by atoms with Crippen molar-refractivity contribution >= 4 is 56.8 Å². The lowest BCUT2D eigenvalue weighted by Crippen LogP contribution is -2.32. The molecule has 2 aliphatic rings. The number of nitrogens with zero attached hydrogens (tertiary/aromatic N) is 15. The molecule has 8 N–H and O–H groups in total. The summed E-state index contributed by atoms with van der Waals surface area (Å²) in [5.74, 6) is -3.22. The van der Waals surface area contributed by atoms with Crippen LogP contribution in [-0.4, -0.2) is 99.5 Å². The highest BCUT2D eigenvalue weighted by Gasteiger charge is 2.36. The van der Waals surface area contributed by atoms with Crippen molar-refractivity contribution in [1.29, 1.82) is 0 Å². The maximum atomic E-state index is 13.3. The zero-order valence-electron chi connectivity index (χ0n) is 36.9. The van der Waals surface area contributed by atoms with Crippen molar-refractivity contribution in [2.24, 2.45) is 10.4 Å². The monoisotopic (exact) mass is 1000 g/mol. The summed E-state index contributed by atoms with van der Waals surface area (Å²) in [5.41, 5.74) is 10.9. The molecule has 2 aliphatic carbocycles. The summed E-state index contributed by atoms with van der Waals surface area (Å²) < 4.78 is 58.5. The number of hydrogen-bond donors (Lipinski definition) is 5. The highest BCUT2D eigenvalue weighted by atomic mass is 35.5. The lowest BCUT2D eigenvalue weighted by molar-refractivity contribution is -0.577. The van der Waals surface area contributed by atoms with Gasteiger partial charge in [0.15, 0.2) is 45.6 Å². The number of nitrogen functional groups attached to an aromatic ring is 1. The van der Waals surface area contributed by atoms with Gasteiger partial charge in [-0.15, -0.1) is 9.81 Å². The summed E-state index contributed by atoms with van der Waals surface area (Å²) in [7, 11) is 0. The molecule has 29 heteroatoms. The number of nitrogens with one attached hydrogen (secondary N) is 4. The zero-order valence-corrected chi connectivity index (χ0v) is 37.6. The maximum absolute atomic E-state index is 13.3. The van der Waals surface area contributed by atoms with Gasteiger partial charge in [0.25, 0.3) is 11.0 Å². The van der Waals surface area contributed by atoms with E-state index in [9.17, 15) is 27.4 Å². The molecule has 0 radical (unpaired) electrons. The minimum atomic E-state index is -2.62. The molecule has 368 valence electrons. The number of H-pyrrole nitrogens is 2. The predicted molar refractivity (Wildman–Crippen MR) is 245 cm³/mol. The molecule has 0 amide bonds. The Hall–Kier alpha value is -8.37. The van der Waals surface area contributed by atoms with Gasteiger partial charge >= 0.3 is 0 Å². The van der Waals surface area contributed by atoms with E-state index in [1.807, 2.05) is 0 Å². The van der Waals surface area contributed by atoms with Crippen LogP contribution in [0.2, 0.25) is 5.15 Å². The summed E-state index contributed by atoms with van der Waals surface area (Å²) in [4.78, 5) is 59.1. The number of halogens is 5. The molecule has 0 spiro atoms. The number of nitrogens with two attached hydrogens (primary N) is 1. The number of anilines is 3. The molecule has 0 atom stereocenters. The fourth-order valence-electron chi connectivity index (χ4n) is 7.74. The topological polar surface area (TPSA) is 342 Å². The number of hydrogen-bond acceptors (Lipinski definition) is 19. The lowest BCUT2D eigenvalue weighted by atomic mass is 9.92. The SMILES string of the molecule is Nc1cnc(-c2cnn3ccncc23)nc1NC1CCC(F)(F)CC1.O=Nc1cnc(-c2c[nH][n+]3ccncc23)nc1Cl.O=Nc1cnc(-c2c[nH][n+]3ccncc23)nc1NC1CCC(F)(F)CC1.[OH-].[OH-]. The van der Waals surface area contributed by atoms with Gasteiger partial charge in [-0.3, -0.25) is 15.0 Å². The second-order valence-electron chi connectivity index (χ2n) is 16.0. The summed E-state index contributed by atoms with van der Waals surface area (Å²) in [6.45, 7) is 0. The molecule has 9 aromatic heterocycles. The van der Waals surface area contributed by atoms with Crippen LogP contribution >= 0.6 is 11.6 Å². The first-order valence-electron chi connectivity index (χ1n) is 21.3. The largest absolute Gasteiger partial charge is 0.870 e. The maximum Gasteiger partial charge on any atom is 0.266 e. The Morgan fingerprint density at radius 3 is 1.70 bits per heavy atom. The van der Waals surface area contributed by atoms with E-state index in [-0.39, 0.29) is 71.1 Å². The third kappa shape index (κ3) is 11.4. The third-order valence-corrected chi connectivity index (χ3v) is 11.7. The van der Waals surface area contributed by atoms with E-state index in [0.717, 1.165) is 27.7 Å². The van der Waals surface area contributed by atoms with Crippen molar-refractivity contribution in [3.05, 3.63) is 108 Å². The summed E-state index contributed by atoms with van der Waals surface area (Å²) in [6, 6.07) is -0.257. The first-order chi connectivity index (χ1) is 33.4. The van der Waals surface area contributed by atoms with Crippen LogP contribution in [-0.2, 0) is 0 Å². The number of rotatable bonds is 9. The van der Waals surface area contributed by atoms with E-state index < -0.39 is 11.8 Å². The van der Waals surface area contributed by atoms with Crippen LogP contribution in [0.3, 0.4) is 0 Å². The molecular weight excluding hydrogens is 960 g/mol. The first kappa shape index (κ1) is 50.5. The smallest absolute Gasteiger partial charge is 0.266 e. The highest BCUT2D eigenvalue weighted by Crippen LogP contribution is 2.37. The van der Waals surface area contributed by atoms with Gasteiger partial charge in [-0.1, -0.05) is 20.6 Å². The van der Waals surface area contributed by atoms with Crippen LogP contribution in [0.1, 0.15) is 51.4 Å². The van der Waals surface area contributed by atoms with E-state index in [1.54, 1.807) is 87.9 Å². The third-order valence-electron chi connectivity index (χ3n) is 11.4. The Bertz CT molecular complexity index is 3280. The van der Waals surface area contributed by atoms with Gasteiger partial charge in [-0.2, -0.15) is 15.3 Å². The molecule has 0 saturated heterocycles. The Morgan fingerprint density at radius 1 is 0.648 bits per heavy atom. The molecule has 9 heterocycles. The van der Waals surface area contributed by atoms with Crippen LogP contribution < -0.4 is 25.4 Å². The Labute approximate surface area is 402 Å². The molecule has 0 aliphatic heterocycles. The van der Waals surface area contributed by atoms with Crippen LogP contribution in [0.5, 0.6) is 0 Å². The average Bonchev–Trinajstić information content (AvgIpc) is 4.12. The molecule has 2 fully saturated rings. The second kappa shape index (κ2) is 21.5. The summed E-state index contributed by atoms with van der Waals surface area (Å²) in [6.07, 6.45) is 25.2. The quantitative estimate of drug-likeness (QED) is 0.0418. The average molecular weight is 1000 g/mol. The highest BCUT2D eigenvalue weighted by molar-refractivity contribution is 6.31. The van der Waals surface area contributed by atoms with Gasteiger partial charge < -0.3 is 27.3 Å². The van der Waals surface area contributed by atoms with Crippen molar-refractivity contribution in [2.45, 2.75) is 75.3 Å². The van der Waals surface area contributed by atoms with Gasteiger partial charge in [0.1, 0.15) is 23.5 Å². The number of alkyl halides is 4. The van der Waals surface area contributed by atoms with E-state index in [1.165, 1.54) is 18.6 Å². The molecular formula is C42H41ClF4N20O4. The van der Waals surface area contributed by atoms with Crippen molar-refractivity contribution in [3.63, 3.8) is 0 Å². The fraction of sp³-hybridized carbons (Fsp3) is 0.286. The number of aromatic amines is 2. The van der Waals surface area contributed by atoms with E-state index in [4.69, 9.17) is 17.3 Å².